The maximum Gasteiger partial charge on any atom is 0.222 e. The molecule has 1 saturated carbocycles. The van der Waals surface area contributed by atoms with E-state index in [4.69, 9.17) is 0 Å². The Kier molecular flexibility index (Phi) is 6.33. The average Bonchev–Trinajstić information content (AvgIpc) is 3.27. The van der Waals surface area contributed by atoms with Crippen LogP contribution in [0.1, 0.15) is 58.3 Å². The van der Waals surface area contributed by atoms with Crippen molar-refractivity contribution >= 4 is 17.5 Å². The van der Waals surface area contributed by atoms with Crippen LogP contribution in [0.4, 0.5) is 11.6 Å². The maximum atomic E-state index is 12.5. The van der Waals surface area contributed by atoms with Crippen LogP contribution in [0.2, 0.25) is 0 Å². The number of piperazine rings is 1. The van der Waals surface area contributed by atoms with Crippen molar-refractivity contribution in [2.75, 3.05) is 49.1 Å². The molecule has 2 saturated heterocycles. The third kappa shape index (κ3) is 4.76. The molecule has 3 fully saturated rings. The zero-order valence-electron chi connectivity index (χ0n) is 17.4. The third-order valence-corrected chi connectivity index (χ3v) is 6.94. The van der Waals surface area contributed by atoms with E-state index >= 15 is 0 Å². The lowest BCUT2D eigenvalue weighted by Gasteiger charge is -2.35. The summed E-state index contributed by atoms with van der Waals surface area (Å²) in [6.07, 6.45) is 9.65. The Morgan fingerprint density at radius 3 is 2.04 bits per heavy atom. The number of carbonyl (C=O) groups excluding carboxylic acids is 1. The second-order valence-electron chi connectivity index (χ2n) is 8.98. The molecule has 0 radical (unpaired) electrons. The van der Waals surface area contributed by atoms with E-state index in [1.54, 1.807) is 0 Å². The fraction of sp³-hybridized carbons (Fsp3) is 0.773. The molecular formula is C22H35N5O. The molecule has 0 spiro atoms. The standard InChI is InChI=1S/C22H35N5O/c1-18-10-12-25(13-11-18)20-7-8-21(24-23-20)26-14-16-27(17-15-26)22(28)9-6-19-4-2-3-5-19/h7-8,18-19H,2-6,9-17H2,1H3. The minimum atomic E-state index is 0.340. The number of hydrogen-bond donors (Lipinski definition) is 0. The van der Waals surface area contributed by atoms with Crippen molar-refractivity contribution in [3.8, 4) is 0 Å². The Bertz CT molecular complexity index is 627. The molecule has 6 heteroatoms. The van der Waals surface area contributed by atoms with Crippen molar-refractivity contribution in [3.63, 3.8) is 0 Å². The summed E-state index contributed by atoms with van der Waals surface area (Å²) in [5.41, 5.74) is 0. The number of carbonyl (C=O) groups is 1. The topological polar surface area (TPSA) is 52.6 Å². The summed E-state index contributed by atoms with van der Waals surface area (Å²) in [6.45, 7) is 7.79. The molecule has 2 aliphatic heterocycles. The van der Waals surface area contributed by atoms with Crippen LogP contribution < -0.4 is 9.80 Å². The number of aromatic nitrogens is 2. The van der Waals surface area contributed by atoms with Gasteiger partial charge in [0.05, 0.1) is 0 Å². The van der Waals surface area contributed by atoms with Crippen molar-refractivity contribution in [1.29, 1.82) is 0 Å². The number of piperidine rings is 1. The summed E-state index contributed by atoms with van der Waals surface area (Å²) in [5.74, 6) is 3.89. The molecule has 0 N–H and O–H groups in total. The first kappa shape index (κ1) is 19.5. The highest BCUT2D eigenvalue weighted by atomic mass is 16.2. The van der Waals surface area contributed by atoms with E-state index in [1.807, 2.05) is 4.90 Å². The second-order valence-corrected chi connectivity index (χ2v) is 8.98. The van der Waals surface area contributed by atoms with E-state index in [-0.39, 0.29) is 0 Å². The van der Waals surface area contributed by atoms with Crippen molar-refractivity contribution in [1.82, 2.24) is 15.1 Å². The van der Waals surface area contributed by atoms with Gasteiger partial charge in [0.1, 0.15) is 0 Å². The van der Waals surface area contributed by atoms with Crippen LogP contribution in [0.5, 0.6) is 0 Å². The Morgan fingerprint density at radius 2 is 1.46 bits per heavy atom. The Morgan fingerprint density at radius 1 is 0.893 bits per heavy atom. The van der Waals surface area contributed by atoms with Gasteiger partial charge in [-0.15, -0.1) is 10.2 Å². The van der Waals surface area contributed by atoms with Crippen molar-refractivity contribution in [2.45, 2.75) is 58.3 Å². The molecule has 3 heterocycles. The summed E-state index contributed by atoms with van der Waals surface area (Å²) in [5, 5.41) is 8.97. The summed E-state index contributed by atoms with van der Waals surface area (Å²) in [7, 11) is 0. The lowest BCUT2D eigenvalue weighted by Crippen LogP contribution is -2.49. The van der Waals surface area contributed by atoms with Crippen LogP contribution in [-0.4, -0.2) is 60.3 Å². The third-order valence-electron chi connectivity index (χ3n) is 6.94. The van der Waals surface area contributed by atoms with Gasteiger partial charge in [-0.1, -0.05) is 32.6 Å². The van der Waals surface area contributed by atoms with Gasteiger partial charge in [0, 0.05) is 45.7 Å². The molecule has 154 valence electrons. The first-order chi connectivity index (χ1) is 13.7. The normalized spacial score (nSPS) is 22.1. The predicted octanol–water partition coefficient (Wildman–Crippen LogP) is 3.33. The second kappa shape index (κ2) is 9.10. The van der Waals surface area contributed by atoms with E-state index in [2.05, 4.69) is 39.1 Å². The van der Waals surface area contributed by atoms with Crippen LogP contribution in [0, 0.1) is 11.8 Å². The number of rotatable bonds is 5. The lowest BCUT2D eigenvalue weighted by atomic mass is 9.99. The van der Waals surface area contributed by atoms with Crippen LogP contribution >= 0.6 is 0 Å². The first-order valence-electron chi connectivity index (χ1n) is 11.3. The smallest absolute Gasteiger partial charge is 0.222 e. The first-order valence-corrected chi connectivity index (χ1v) is 11.3. The number of nitrogens with zero attached hydrogens (tertiary/aromatic N) is 5. The minimum absolute atomic E-state index is 0.340. The van der Waals surface area contributed by atoms with Crippen LogP contribution in [0.15, 0.2) is 12.1 Å². The van der Waals surface area contributed by atoms with Crippen molar-refractivity contribution < 1.29 is 4.79 Å². The Labute approximate surface area is 169 Å². The van der Waals surface area contributed by atoms with Crippen LogP contribution in [-0.2, 0) is 4.79 Å². The van der Waals surface area contributed by atoms with Crippen molar-refractivity contribution in [2.24, 2.45) is 11.8 Å². The largest absolute Gasteiger partial charge is 0.355 e. The summed E-state index contributed by atoms with van der Waals surface area (Å²) < 4.78 is 0. The van der Waals surface area contributed by atoms with Gasteiger partial charge >= 0.3 is 0 Å². The van der Waals surface area contributed by atoms with Gasteiger partial charge in [-0.05, 0) is 43.2 Å². The summed E-state index contributed by atoms with van der Waals surface area (Å²) in [4.78, 5) is 19.2. The zero-order chi connectivity index (χ0) is 19.3. The molecule has 0 bridgehead atoms. The van der Waals surface area contributed by atoms with Gasteiger partial charge in [0.15, 0.2) is 11.6 Å². The fourth-order valence-electron chi connectivity index (χ4n) is 4.86. The highest BCUT2D eigenvalue weighted by Crippen LogP contribution is 2.29. The molecule has 0 atom stereocenters. The van der Waals surface area contributed by atoms with Crippen LogP contribution in [0.3, 0.4) is 0 Å². The fourth-order valence-corrected chi connectivity index (χ4v) is 4.86. The highest BCUT2D eigenvalue weighted by Gasteiger charge is 2.24. The quantitative estimate of drug-likeness (QED) is 0.778. The van der Waals surface area contributed by atoms with E-state index < -0.39 is 0 Å². The minimum Gasteiger partial charge on any atom is -0.355 e. The molecule has 6 nitrogen and oxygen atoms in total. The van der Waals surface area contributed by atoms with Gasteiger partial charge < -0.3 is 14.7 Å². The van der Waals surface area contributed by atoms with E-state index in [9.17, 15) is 4.79 Å². The number of anilines is 2. The Hall–Kier alpha value is -1.85. The van der Waals surface area contributed by atoms with Gasteiger partial charge in [0.25, 0.3) is 0 Å². The molecular weight excluding hydrogens is 350 g/mol. The van der Waals surface area contributed by atoms with Crippen molar-refractivity contribution in [3.05, 3.63) is 12.1 Å². The SMILES string of the molecule is CC1CCN(c2ccc(N3CCN(C(=O)CCC4CCCC4)CC3)nn2)CC1. The molecule has 3 aliphatic rings. The monoisotopic (exact) mass is 385 g/mol. The molecule has 28 heavy (non-hydrogen) atoms. The Balaban J connectivity index is 1.23. The highest BCUT2D eigenvalue weighted by molar-refractivity contribution is 5.76. The van der Waals surface area contributed by atoms with E-state index in [0.29, 0.717) is 5.91 Å². The summed E-state index contributed by atoms with van der Waals surface area (Å²) >= 11 is 0. The predicted molar refractivity (Wildman–Crippen MR) is 113 cm³/mol. The summed E-state index contributed by atoms with van der Waals surface area (Å²) in [6, 6.07) is 4.20. The van der Waals surface area contributed by atoms with E-state index in [1.165, 1.54) is 38.5 Å². The molecule has 1 aromatic rings. The molecule has 0 aromatic carbocycles. The zero-order valence-corrected chi connectivity index (χ0v) is 17.4. The molecule has 1 amide bonds. The van der Waals surface area contributed by atoms with Crippen LogP contribution in [0.25, 0.3) is 0 Å². The van der Waals surface area contributed by atoms with Gasteiger partial charge in [0.2, 0.25) is 5.91 Å². The van der Waals surface area contributed by atoms with Gasteiger partial charge in [-0.3, -0.25) is 4.79 Å². The molecule has 1 aliphatic carbocycles. The maximum absolute atomic E-state index is 12.5. The molecule has 1 aromatic heterocycles. The number of amides is 1. The van der Waals surface area contributed by atoms with Gasteiger partial charge in [-0.25, -0.2) is 0 Å². The molecule has 0 unspecified atom stereocenters. The number of hydrogen-bond acceptors (Lipinski definition) is 5. The van der Waals surface area contributed by atoms with E-state index in [0.717, 1.165) is 75.6 Å². The van der Waals surface area contributed by atoms with Gasteiger partial charge in [-0.2, -0.15) is 0 Å². The molecule has 4 rings (SSSR count). The lowest BCUT2D eigenvalue weighted by molar-refractivity contribution is -0.131. The average molecular weight is 386 g/mol.